The first-order valence-electron chi connectivity index (χ1n) is 6.86. The van der Waals surface area contributed by atoms with Gasteiger partial charge in [-0.2, -0.15) is 0 Å². The Balaban J connectivity index is 1.79. The van der Waals surface area contributed by atoms with Gasteiger partial charge in [-0.05, 0) is 48.7 Å². The second-order valence-electron chi connectivity index (χ2n) is 5.28. The summed E-state index contributed by atoms with van der Waals surface area (Å²) in [6.45, 7) is 0. The smallest absolute Gasteiger partial charge is 0.235 e. The first-order valence-corrected chi connectivity index (χ1v) is 7.65. The third-order valence-electron chi connectivity index (χ3n) is 3.91. The van der Waals surface area contributed by atoms with Gasteiger partial charge in [0.15, 0.2) is 0 Å². The van der Waals surface area contributed by atoms with E-state index < -0.39 is 0 Å². The van der Waals surface area contributed by atoms with Crippen molar-refractivity contribution in [2.24, 2.45) is 0 Å². The lowest BCUT2D eigenvalue weighted by atomic mass is 9.95. The van der Waals surface area contributed by atoms with E-state index in [2.05, 4.69) is 21.2 Å². The maximum atomic E-state index is 12.6. The lowest BCUT2D eigenvalue weighted by molar-refractivity contribution is -0.118. The summed E-state index contributed by atoms with van der Waals surface area (Å²) in [7, 11) is 1.64. The number of benzene rings is 2. The number of halogens is 1. The fraction of sp³-hybridized carbons (Fsp3) is 0.235. The molecule has 2 aromatic rings. The second-order valence-corrected chi connectivity index (χ2v) is 6.19. The Morgan fingerprint density at radius 3 is 2.48 bits per heavy atom. The van der Waals surface area contributed by atoms with Gasteiger partial charge in [-0.25, -0.2) is 0 Å². The van der Waals surface area contributed by atoms with E-state index >= 15 is 0 Å². The quantitative estimate of drug-likeness (QED) is 0.904. The zero-order valence-corrected chi connectivity index (χ0v) is 13.3. The fourth-order valence-electron chi connectivity index (χ4n) is 2.50. The number of carbonyl (C=O) groups is 1. The van der Waals surface area contributed by atoms with Gasteiger partial charge in [0.25, 0.3) is 0 Å². The van der Waals surface area contributed by atoms with Crippen molar-refractivity contribution < 1.29 is 9.53 Å². The number of ether oxygens (including phenoxy) is 1. The Morgan fingerprint density at radius 2 is 1.90 bits per heavy atom. The van der Waals surface area contributed by atoms with Crippen molar-refractivity contribution in [2.45, 2.75) is 18.3 Å². The predicted molar refractivity (Wildman–Crippen MR) is 86.7 cm³/mol. The number of rotatable bonds is 4. The number of hydrogen-bond donors (Lipinski definition) is 1. The molecule has 0 spiro atoms. The minimum atomic E-state index is -0.380. The molecule has 1 amide bonds. The normalized spacial score (nSPS) is 15.3. The molecular formula is C17H16BrNO2. The summed E-state index contributed by atoms with van der Waals surface area (Å²) in [4.78, 5) is 12.6. The van der Waals surface area contributed by atoms with Crippen LogP contribution in [0.15, 0.2) is 53.0 Å². The molecule has 1 saturated carbocycles. The fourth-order valence-corrected chi connectivity index (χ4v) is 2.90. The highest BCUT2D eigenvalue weighted by molar-refractivity contribution is 9.10. The van der Waals surface area contributed by atoms with Crippen LogP contribution < -0.4 is 10.1 Å². The van der Waals surface area contributed by atoms with E-state index in [0.717, 1.165) is 34.3 Å². The maximum absolute atomic E-state index is 12.6. The minimum Gasteiger partial charge on any atom is -0.497 e. The SMILES string of the molecule is COc1ccc(C2(C(=O)Nc3cccc(Br)c3)CC2)cc1. The zero-order chi connectivity index (χ0) is 14.9. The lowest BCUT2D eigenvalue weighted by Gasteiger charge is -2.16. The Labute approximate surface area is 132 Å². The Morgan fingerprint density at radius 1 is 1.19 bits per heavy atom. The van der Waals surface area contributed by atoms with Gasteiger partial charge in [0.05, 0.1) is 12.5 Å². The van der Waals surface area contributed by atoms with Gasteiger partial charge in [-0.1, -0.05) is 34.1 Å². The molecule has 1 N–H and O–H groups in total. The molecule has 3 rings (SSSR count). The van der Waals surface area contributed by atoms with Crippen LogP contribution in [0.3, 0.4) is 0 Å². The summed E-state index contributed by atoms with van der Waals surface area (Å²) in [6, 6.07) is 15.4. The summed E-state index contributed by atoms with van der Waals surface area (Å²) in [5, 5.41) is 3.01. The molecule has 0 unspecified atom stereocenters. The van der Waals surface area contributed by atoms with Gasteiger partial charge in [0, 0.05) is 10.2 Å². The molecule has 21 heavy (non-hydrogen) atoms. The number of nitrogens with one attached hydrogen (secondary N) is 1. The molecule has 0 aromatic heterocycles. The van der Waals surface area contributed by atoms with Gasteiger partial charge < -0.3 is 10.1 Å². The molecule has 1 aliphatic carbocycles. The summed E-state index contributed by atoms with van der Waals surface area (Å²) >= 11 is 3.41. The molecular weight excluding hydrogens is 330 g/mol. The molecule has 2 aromatic carbocycles. The van der Waals surface area contributed by atoms with Crippen molar-refractivity contribution in [1.82, 2.24) is 0 Å². The van der Waals surface area contributed by atoms with Crippen LogP contribution in [0.4, 0.5) is 5.69 Å². The number of anilines is 1. The molecule has 0 bridgehead atoms. The van der Waals surface area contributed by atoms with Crippen molar-refractivity contribution in [1.29, 1.82) is 0 Å². The van der Waals surface area contributed by atoms with Gasteiger partial charge in [0.1, 0.15) is 5.75 Å². The molecule has 108 valence electrons. The van der Waals surface area contributed by atoms with Crippen molar-refractivity contribution in [3.8, 4) is 5.75 Å². The average molecular weight is 346 g/mol. The van der Waals surface area contributed by atoms with E-state index in [1.165, 1.54) is 0 Å². The van der Waals surface area contributed by atoms with Crippen molar-refractivity contribution >= 4 is 27.5 Å². The standard InChI is InChI=1S/C17H16BrNO2/c1-21-15-7-5-12(6-8-15)17(9-10-17)16(20)19-14-4-2-3-13(18)11-14/h2-8,11H,9-10H2,1H3,(H,19,20). The van der Waals surface area contributed by atoms with Crippen LogP contribution in [0.5, 0.6) is 5.75 Å². The van der Waals surface area contributed by atoms with E-state index in [0.29, 0.717) is 0 Å². The van der Waals surface area contributed by atoms with E-state index in [1.807, 2.05) is 48.5 Å². The highest BCUT2D eigenvalue weighted by atomic mass is 79.9. The van der Waals surface area contributed by atoms with Gasteiger partial charge in [-0.15, -0.1) is 0 Å². The summed E-state index contributed by atoms with van der Waals surface area (Å²) in [5.74, 6) is 0.868. The number of hydrogen-bond acceptors (Lipinski definition) is 2. The molecule has 1 fully saturated rings. The number of methoxy groups -OCH3 is 1. The third-order valence-corrected chi connectivity index (χ3v) is 4.40. The minimum absolute atomic E-state index is 0.0609. The number of carbonyl (C=O) groups excluding carboxylic acids is 1. The van der Waals surface area contributed by atoms with E-state index in [1.54, 1.807) is 7.11 Å². The Bertz CT molecular complexity index is 663. The lowest BCUT2D eigenvalue weighted by Crippen LogP contribution is -2.27. The van der Waals surface area contributed by atoms with Crippen LogP contribution in [0.1, 0.15) is 18.4 Å². The van der Waals surface area contributed by atoms with Crippen LogP contribution in [-0.2, 0) is 10.2 Å². The average Bonchev–Trinajstić information content (AvgIpc) is 3.29. The van der Waals surface area contributed by atoms with E-state index in [9.17, 15) is 4.79 Å². The van der Waals surface area contributed by atoms with Gasteiger partial charge >= 0.3 is 0 Å². The molecule has 0 heterocycles. The third kappa shape index (κ3) is 2.81. The molecule has 4 heteroatoms. The van der Waals surface area contributed by atoms with Crippen LogP contribution in [0, 0.1) is 0 Å². The molecule has 0 atom stereocenters. The first kappa shape index (κ1) is 14.1. The summed E-state index contributed by atoms with van der Waals surface area (Å²) in [5.41, 5.74) is 1.49. The maximum Gasteiger partial charge on any atom is 0.235 e. The van der Waals surface area contributed by atoms with E-state index in [-0.39, 0.29) is 11.3 Å². The number of amides is 1. The molecule has 0 aliphatic heterocycles. The first-order chi connectivity index (χ1) is 10.1. The highest BCUT2D eigenvalue weighted by Crippen LogP contribution is 2.49. The van der Waals surface area contributed by atoms with Crippen LogP contribution >= 0.6 is 15.9 Å². The summed E-state index contributed by atoms with van der Waals surface area (Å²) in [6.07, 6.45) is 1.78. The van der Waals surface area contributed by atoms with Crippen molar-refractivity contribution in [3.63, 3.8) is 0 Å². The monoisotopic (exact) mass is 345 g/mol. The second kappa shape index (κ2) is 5.53. The van der Waals surface area contributed by atoms with Crippen molar-refractivity contribution in [2.75, 3.05) is 12.4 Å². The predicted octanol–water partition coefficient (Wildman–Crippen LogP) is 4.13. The van der Waals surface area contributed by atoms with E-state index in [4.69, 9.17) is 4.74 Å². The topological polar surface area (TPSA) is 38.3 Å². The Hall–Kier alpha value is -1.81. The van der Waals surface area contributed by atoms with Crippen LogP contribution in [-0.4, -0.2) is 13.0 Å². The largest absolute Gasteiger partial charge is 0.497 e. The van der Waals surface area contributed by atoms with Crippen LogP contribution in [0.2, 0.25) is 0 Å². The zero-order valence-electron chi connectivity index (χ0n) is 11.7. The molecule has 1 aliphatic rings. The summed E-state index contributed by atoms with van der Waals surface area (Å²) < 4.78 is 6.12. The molecule has 0 radical (unpaired) electrons. The molecule has 3 nitrogen and oxygen atoms in total. The Kier molecular flexibility index (Phi) is 3.72. The van der Waals surface area contributed by atoms with Gasteiger partial charge in [-0.3, -0.25) is 4.79 Å². The highest BCUT2D eigenvalue weighted by Gasteiger charge is 2.51. The van der Waals surface area contributed by atoms with Crippen molar-refractivity contribution in [3.05, 3.63) is 58.6 Å². The van der Waals surface area contributed by atoms with Gasteiger partial charge in [0.2, 0.25) is 5.91 Å². The van der Waals surface area contributed by atoms with Crippen LogP contribution in [0.25, 0.3) is 0 Å². The molecule has 0 saturated heterocycles.